The highest BCUT2D eigenvalue weighted by Gasteiger charge is 2.53. The van der Waals surface area contributed by atoms with Crippen LogP contribution in [-0.2, 0) is 93.9 Å². The van der Waals surface area contributed by atoms with E-state index in [2.05, 4.69) is 41.2 Å². The summed E-state index contributed by atoms with van der Waals surface area (Å²) in [6.45, 7) is 17.6. The van der Waals surface area contributed by atoms with Crippen LogP contribution in [0, 0.1) is 35.5 Å². The molecule has 1 aromatic carbocycles. The van der Waals surface area contributed by atoms with E-state index >= 15 is 0 Å². The van der Waals surface area contributed by atoms with E-state index in [1.807, 2.05) is 81.1 Å². The number of aryl methyl sites for hydroxylation is 2. The molecule has 3 fully saturated rings. The van der Waals surface area contributed by atoms with Crippen molar-refractivity contribution in [3.05, 3.63) is 84.0 Å². The number of methoxy groups -OCH3 is 3. The Hall–Kier alpha value is -8.85. The van der Waals surface area contributed by atoms with Crippen molar-refractivity contribution in [3.8, 4) is 11.3 Å². The number of cyclic esters (lactones) is 1. The van der Waals surface area contributed by atoms with E-state index in [0.717, 1.165) is 29.7 Å². The zero-order valence-corrected chi connectivity index (χ0v) is 73.9. The summed E-state index contributed by atoms with van der Waals surface area (Å²) in [4.78, 5) is 109. The number of allylic oxidation sites excluding steroid dienone is 5. The number of ketones is 2. The zero-order valence-electron chi connectivity index (χ0n) is 73.9. The number of piperidine rings is 1. The number of unbranched alkanes of at least 4 members (excludes halogenated alkanes) is 1. The maximum Gasteiger partial charge on any atom is 0.329 e. The van der Waals surface area contributed by atoms with Crippen molar-refractivity contribution in [2.45, 2.75) is 238 Å². The van der Waals surface area contributed by atoms with Gasteiger partial charge in [0.25, 0.3) is 17.7 Å². The lowest BCUT2D eigenvalue weighted by molar-refractivity contribution is -0.265. The predicted octanol–water partition coefficient (Wildman–Crippen LogP) is 7.57. The minimum absolute atomic E-state index is 0.0443. The summed E-state index contributed by atoms with van der Waals surface area (Å²) in [5.41, 5.74) is 17.1. The molecule has 124 heavy (non-hydrogen) atoms. The van der Waals surface area contributed by atoms with E-state index < -0.39 is 89.6 Å². The van der Waals surface area contributed by atoms with Gasteiger partial charge in [-0.05, 0) is 151 Å². The monoisotopic (exact) mass is 1730 g/mol. The van der Waals surface area contributed by atoms with Crippen LogP contribution in [0.15, 0.2) is 82.7 Å². The van der Waals surface area contributed by atoms with Crippen LogP contribution >= 0.6 is 0 Å². The van der Waals surface area contributed by atoms with Gasteiger partial charge in [0.15, 0.2) is 17.0 Å². The van der Waals surface area contributed by atoms with Crippen LogP contribution in [0.4, 0.5) is 11.8 Å². The van der Waals surface area contributed by atoms with E-state index in [0.29, 0.717) is 195 Å². The number of aliphatic hydroxyl groups is 3. The Morgan fingerprint density at radius 1 is 0.710 bits per heavy atom. The van der Waals surface area contributed by atoms with Crippen LogP contribution in [0.2, 0.25) is 0 Å². The summed E-state index contributed by atoms with van der Waals surface area (Å²) >= 11 is 0. The van der Waals surface area contributed by atoms with Gasteiger partial charge in [0.2, 0.25) is 23.5 Å². The Morgan fingerprint density at radius 3 is 2.08 bits per heavy atom. The second-order valence-electron chi connectivity index (χ2n) is 33.4. The van der Waals surface area contributed by atoms with E-state index in [1.165, 1.54) is 11.2 Å². The first-order chi connectivity index (χ1) is 59.7. The minimum Gasteiger partial charge on any atom is -0.460 e. The fourth-order valence-electron chi connectivity index (χ4n) is 16.7. The largest absolute Gasteiger partial charge is 0.460 e. The molecule has 7 heterocycles. The maximum absolute atomic E-state index is 14.9. The van der Waals surface area contributed by atoms with Crippen LogP contribution in [0.1, 0.15) is 176 Å². The summed E-state index contributed by atoms with van der Waals surface area (Å²) in [7, 11) is 4.80. The SMILES string of the molecule is CO[C@H]1C[C@@H]2CC[C@@H](C)[C@@](O)(O2)C(=O)C(=O)N2CCCC[C@H]2C(=O)O[C@H]([C@H](C)C[C@@H]2CC[C@H](n3cc(CCCC(=O)NCCOCCOCCOCCC(=O)NCCOCCOCCC(=O)NCCCCn4nc(-c5ccc6oc(N)nc6c5)c5c(N)ncnc54)nn3)[C@H](OC)C2)C[C@@H](OC)[C@H](C)/C=C(\C)[C@@H](O)[C@@H](O)C(=O)[C@H](C)C[C@H](C)/C=C/C=C/C=C/1C. The average molecular weight is 1740 g/mol. The number of aliphatic hydroxyl groups excluding tert-OH is 2. The summed E-state index contributed by atoms with van der Waals surface area (Å²) < 4.78 is 68.0. The van der Waals surface area contributed by atoms with Crippen molar-refractivity contribution in [1.29, 1.82) is 0 Å². The molecular formula is C89H134N14O21. The van der Waals surface area contributed by atoms with Gasteiger partial charge in [-0.25, -0.2) is 24.1 Å². The number of aromatic nitrogens is 8. The standard InChI is InChI=1S/C89H134N14O21/c1-56-19-12-11-13-20-57(2)71(114-8)52-66-27-24-62(7)89(113,124-66)83(110)86(111)101-35-16-14-22-69(101)87(112)122-73(53-72(115-9)58(3)48-61(6)81(108)82(109)80(107)60(5)47-56)59(4)49-63-25-28-68(74(50-63)116-10)103-54-65(98-100-103)21-18-23-75(104)93-33-39-120-44-46-121-45-42-118-38-31-77(106)94-34-40-119-43-41-117-37-30-76(105)92-32-15-17-36-102-85-78(84(90)95-55-96-85)79(99-102)64-26-29-70-67(51-64)97-88(91)123-70/h11-13,19-20,26,29,48,51,54-56,58-60,62-63,66,68-69,71-74,81-82,108-109,113H,14-18,21-25,27-28,30-47,49-50,52-53H2,1-10H3,(H2,91,97)(H,92,105)(H,93,104)(H,94,106)(H2,90,95,96)/b13-11+,19-12+,57-20+,61-48+/t56-,58-,59-,60-,62-,63+,66+,68+,69+,71+,72-,73+,74-,81-,82+,89-/m1/s1. The topological polar surface area (TPSA) is 464 Å². The molecule has 686 valence electrons. The molecule has 9 rings (SSSR count). The fraction of sp³-hybridized carbons (Fsp3) is 0.674. The highest BCUT2D eigenvalue weighted by atomic mass is 16.6. The lowest BCUT2D eigenvalue weighted by atomic mass is 9.77. The number of rotatable bonds is 38. The van der Waals surface area contributed by atoms with Gasteiger partial charge in [0.1, 0.15) is 47.7 Å². The summed E-state index contributed by atoms with van der Waals surface area (Å²) in [6.07, 6.45) is 17.7. The Morgan fingerprint density at radius 2 is 1.39 bits per heavy atom. The number of hydrogen-bond donors (Lipinski definition) is 8. The number of amides is 4. The molecule has 0 spiro atoms. The maximum atomic E-state index is 14.9. The number of carbonyl (C=O) groups excluding carboxylic acids is 7. The molecule has 2 bridgehead atoms. The molecule has 2 saturated heterocycles. The highest BCUT2D eigenvalue weighted by molar-refractivity contribution is 6.39. The smallest absolute Gasteiger partial charge is 0.329 e. The van der Waals surface area contributed by atoms with Gasteiger partial charge in [0.05, 0.1) is 108 Å². The second-order valence-corrected chi connectivity index (χ2v) is 33.4. The second kappa shape index (κ2) is 50.5. The third kappa shape index (κ3) is 29.4. The number of nitrogen functional groups attached to an aromatic ring is 2. The molecular weight excluding hydrogens is 1600 g/mol. The molecule has 1 aliphatic carbocycles. The molecule has 35 heteroatoms. The molecule has 4 aliphatic rings. The number of anilines is 2. The first-order valence-corrected chi connectivity index (χ1v) is 44.1. The van der Waals surface area contributed by atoms with E-state index in [-0.39, 0.29) is 105 Å². The molecule has 5 aromatic rings. The number of ether oxygens (including phenoxy) is 10. The lowest BCUT2D eigenvalue weighted by Gasteiger charge is -2.43. The number of esters is 1. The van der Waals surface area contributed by atoms with Gasteiger partial charge >= 0.3 is 5.97 Å². The van der Waals surface area contributed by atoms with E-state index in [1.54, 1.807) is 58.9 Å². The van der Waals surface area contributed by atoms with Crippen molar-refractivity contribution < 1.29 is 101 Å². The Bertz CT molecular complexity index is 4360. The number of carbonyl (C=O) groups is 7. The minimum atomic E-state index is -2.46. The number of Topliss-reactive ketones (excluding diaryl/α,β-unsaturated/α-hetero) is 2. The zero-order chi connectivity index (χ0) is 89.2. The van der Waals surface area contributed by atoms with Crippen LogP contribution < -0.4 is 27.4 Å². The van der Waals surface area contributed by atoms with Crippen LogP contribution in [0.5, 0.6) is 0 Å². The van der Waals surface area contributed by atoms with Crippen molar-refractivity contribution in [2.24, 2.45) is 35.5 Å². The normalized spacial score (nSPS) is 27.3. The molecule has 16 atom stereocenters. The van der Waals surface area contributed by atoms with Crippen molar-refractivity contribution in [2.75, 3.05) is 125 Å². The average Bonchev–Trinajstić information content (AvgIpc) is 1.54. The summed E-state index contributed by atoms with van der Waals surface area (Å²) in [6, 6.07) is 4.27. The molecule has 35 nitrogen and oxygen atoms in total. The number of fused-ring (bicyclic) bond motifs is 5. The van der Waals surface area contributed by atoms with Gasteiger partial charge in [-0.3, -0.25) is 28.8 Å². The Labute approximate surface area is 726 Å². The van der Waals surface area contributed by atoms with Gasteiger partial charge in [-0.15, -0.1) is 5.10 Å². The number of nitrogens with one attached hydrogen (secondary N) is 3. The third-order valence-corrected chi connectivity index (χ3v) is 24.0. The number of benzene rings is 1. The molecule has 10 N–H and O–H groups in total. The number of nitrogens with two attached hydrogens (primary N) is 2. The number of oxazole rings is 1. The summed E-state index contributed by atoms with van der Waals surface area (Å²) in [5, 5.41) is 58.1. The van der Waals surface area contributed by atoms with Gasteiger partial charge < -0.3 is 99.4 Å². The number of nitrogens with zero attached hydrogens (tertiary/aromatic N) is 9. The van der Waals surface area contributed by atoms with Crippen LogP contribution in [-0.4, -0.2) is 269 Å². The molecule has 0 radical (unpaired) electrons. The fourth-order valence-corrected chi connectivity index (χ4v) is 16.7. The number of hydrogen-bond acceptors (Lipinski definition) is 29. The van der Waals surface area contributed by atoms with Gasteiger partial charge in [-0.1, -0.05) is 76.3 Å². The van der Waals surface area contributed by atoms with Gasteiger partial charge in [0, 0.05) is 116 Å². The first kappa shape index (κ1) is 98.9. The predicted molar refractivity (Wildman–Crippen MR) is 461 cm³/mol. The lowest BCUT2D eigenvalue weighted by Crippen LogP contribution is -2.61. The first-order valence-electron chi connectivity index (χ1n) is 44.1. The molecule has 0 unspecified atom stereocenters. The molecule has 4 amide bonds. The van der Waals surface area contributed by atoms with Crippen molar-refractivity contribution in [1.82, 2.24) is 60.6 Å². The Kier molecular flexibility index (Phi) is 40.3. The summed E-state index contributed by atoms with van der Waals surface area (Å²) in [5.74, 6) is -7.82. The molecule has 1 saturated carbocycles. The van der Waals surface area contributed by atoms with E-state index in [9.17, 15) is 48.9 Å². The van der Waals surface area contributed by atoms with E-state index in [4.69, 9.17) is 68.4 Å². The highest BCUT2D eigenvalue weighted by Crippen LogP contribution is 2.41. The van der Waals surface area contributed by atoms with Crippen molar-refractivity contribution >= 4 is 75.1 Å². The third-order valence-electron chi connectivity index (χ3n) is 24.0. The Balaban J connectivity index is 0.627. The molecule has 3 aliphatic heterocycles. The quantitative estimate of drug-likeness (QED) is 0.00817. The van der Waals surface area contributed by atoms with Crippen molar-refractivity contribution in [3.63, 3.8) is 0 Å². The molecule has 4 aromatic heterocycles. The van der Waals surface area contributed by atoms with Crippen LogP contribution in [0.25, 0.3) is 33.4 Å². The van der Waals surface area contributed by atoms with Gasteiger partial charge in [-0.2, -0.15) is 10.1 Å². The van der Waals surface area contributed by atoms with Crippen LogP contribution in [0.3, 0.4) is 0 Å².